The van der Waals surface area contributed by atoms with Gasteiger partial charge in [-0.2, -0.15) is 5.10 Å². The maximum Gasteiger partial charge on any atom is 0.0912 e. The van der Waals surface area contributed by atoms with Crippen LogP contribution in [0.3, 0.4) is 0 Å². The van der Waals surface area contributed by atoms with E-state index in [-0.39, 0.29) is 6.67 Å². The number of halogens is 1. The summed E-state index contributed by atoms with van der Waals surface area (Å²) in [5, 5.41) is 7.74. The third-order valence-electron chi connectivity index (χ3n) is 2.78. The van der Waals surface area contributed by atoms with Crippen molar-refractivity contribution in [3.8, 4) is 0 Å². The molecule has 0 aliphatic carbocycles. The number of aromatic nitrogens is 2. The van der Waals surface area contributed by atoms with E-state index in [2.05, 4.69) is 24.3 Å². The normalized spacial score (nSPS) is 11.0. The van der Waals surface area contributed by atoms with E-state index in [9.17, 15) is 4.39 Å². The van der Waals surface area contributed by atoms with Crippen molar-refractivity contribution in [3.05, 3.63) is 17.0 Å². The molecule has 0 spiro atoms. The van der Waals surface area contributed by atoms with Gasteiger partial charge in [0, 0.05) is 24.3 Å². The zero-order valence-corrected chi connectivity index (χ0v) is 10.5. The van der Waals surface area contributed by atoms with Crippen LogP contribution >= 0.6 is 0 Å². The lowest BCUT2D eigenvalue weighted by molar-refractivity contribution is 0.429. The van der Waals surface area contributed by atoms with Crippen molar-refractivity contribution >= 4 is 0 Å². The highest BCUT2D eigenvalue weighted by molar-refractivity contribution is 5.26. The zero-order valence-electron chi connectivity index (χ0n) is 10.5. The molecule has 1 heterocycles. The molecule has 0 amide bonds. The average molecular weight is 227 g/mol. The second-order valence-corrected chi connectivity index (χ2v) is 3.88. The summed E-state index contributed by atoms with van der Waals surface area (Å²) in [6, 6.07) is 0. The first-order chi connectivity index (χ1) is 7.78. The Balaban J connectivity index is 2.98. The molecule has 92 valence electrons. The molecule has 3 nitrogen and oxygen atoms in total. The third-order valence-corrected chi connectivity index (χ3v) is 2.78. The molecule has 0 bridgehead atoms. The van der Waals surface area contributed by atoms with Crippen molar-refractivity contribution in [1.82, 2.24) is 15.1 Å². The minimum Gasteiger partial charge on any atom is -0.316 e. The molecule has 0 saturated carbocycles. The molecular formula is C12H22FN3. The zero-order chi connectivity index (χ0) is 12.0. The van der Waals surface area contributed by atoms with E-state index in [1.54, 1.807) is 0 Å². The molecule has 0 unspecified atom stereocenters. The van der Waals surface area contributed by atoms with Crippen molar-refractivity contribution in [2.75, 3.05) is 13.7 Å². The lowest BCUT2D eigenvalue weighted by Gasteiger charge is -2.06. The van der Waals surface area contributed by atoms with Crippen LogP contribution in [0.25, 0.3) is 0 Å². The van der Waals surface area contributed by atoms with Gasteiger partial charge in [-0.3, -0.25) is 9.07 Å². The van der Waals surface area contributed by atoms with Crippen LogP contribution in [0.1, 0.15) is 37.2 Å². The van der Waals surface area contributed by atoms with Gasteiger partial charge < -0.3 is 5.32 Å². The predicted molar refractivity (Wildman–Crippen MR) is 64.3 cm³/mol. The molecule has 1 N–H and O–H groups in total. The highest BCUT2D eigenvalue weighted by Crippen LogP contribution is 2.16. The predicted octanol–water partition coefficient (Wildman–Crippen LogP) is 2.09. The van der Waals surface area contributed by atoms with Gasteiger partial charge in [0.25, 0.3) is 0 Å². The number of aryl methyl sites for hydroxylation is 2. The van der Waals surface area contributed by atoms with E-state index >= 15 is 0 Å². The van der Waals surface area contributed by atoms with Crippen molar-refractivity contribution in [1.29, 1.82) is 0 Å². The van der Waals surface area contributed by atoms with Crippen LogP contribution in [0.15, 0.2) is 0 Å². The Hall–Kier alpha value is -0.900. The summed E-state index contributed by atoms with van der Waals surface area (Å²) in [6.07, 6.45) is 2.44. The van der Waals surface area contributed by atoms with Crippen molar-refractivity contribution in [2.45, 2.75) is 46.2 Å². The quantitative estimate of drug-likeness (QED) is 0.773. The minimum atomic E-state index is -0.272. The second kappa shape index (κ2) is 6.63. The standard InChI is InChI=1S/C12H22FN3/c1-4-11-10(9-14-3)12(5-2)16(15-11)8-6-7-13/h14H,4-9H2,1-3H3. The Bertz CT molecular complexity index is 320. The van der Waals surface area contributed by atoms with Crippen LogP contribution in [-0.4, -0.2) is 23.5 Å². The molecule has 16 heavy (non-hydrogen) atoms. The van der Waals surface area contributed by atoms with Crippen LogP contribution in [0.5, 0.6) is 0 Å². The molecule has 1 rings (SSSR count). The molecule has 4 heteroatoms. The SMILES string of the molecule is CCc1nn(CCCF)c(CC)c1CNC. The van der Waals surface area contributed by atoms with Crippen molar-refractivity contribution < 1.29 is 4.39 Å². The van der Waals surface area contributed by atoms with Gasteiger partial charge >= 0.3 is 0 Å². The van der Waals surface area contributed by atoms with Gasteiger partial charge in [-0.05, 0) is 26.3 Å². The molecule has 0 aliphatic rings. The summed E-state index contributed by atoms with van der Waals surface area (Å²) in [5.41, 5.74) is 3.69. The Morgan fingerprint density at radius 3 is 2.56 bits per heavy atom. The topological polar surface area (TPSA) is 29.9 Å². The molecule has 0 atom stereocenters. The Morgan fingerprint density at radius 1 is 1.31 bits per heavy atom. The third kappa shape index (κ3) is 2.82. The van der Waals surface area contributed by atoms with Gasteiger partial charge in [0.05, 0.1) is 12.4 Å². The van der Waals surface area contributed by atoms with Crippen LogP contribution in [0.2, 0.25) is 0 Å². The monoisotopic (exact) mass is 227 g/mol. The van der Waals surface area contributed by atoms with Crippen LogP contribution < -0.4 is 5.32 Å². The summed E-state index contributed by atoms with van der Waals surface area (Å²) in [6.45, 7) is 5.51. The number of alkyl halides is 1. The van der Waals surface area contributed by atoms with E-state index < -0.39 is 0 Å². The number of nitrogens with one attached hydrogen (secondary N) is 1. The van der Waals surface area contributed by atoms with Gasteiger partial charge in [-0.1, -0.05) is 13.8 Å². The molecule has 0 fully saturated rings. The Labute approximate surface area is 97.0 Å². The maximum absolute atomic E-state index is 12.2. The first kappa shape index (κ1) is 13.2. The number of hydrogen-bond donors (Lipinski definition) is 1. The number of rotatable bonds is 7. The molecule has 0 aromatic carbocycles. The summed E-state index contributed by atoms with van der Waals surface area (Å²) >= 11 is 0. The molecule has 1 aromatic rings. The highest BCUT2D eigenvalue weighted by atomic mass is 19.1. The minimum absolute atomic E-state index is 0.272. The lowest BCUT2D eigenvalue weighted by atomic mass is 10.1. The molecule has 0 saturated heterocycles. The van der Waals surface area contributed by atoms with Crippen LogP contribution in [-0.2, 0) is 25.9 Å². The molecule has 0 radical (unpaired) electrons. The summed E-state index contributed by atoms with van der Waals surface area (Å²) in [7, 11) is 1.94. The lowest BCUT2D eigenvalue weighted by Crippen LogP contribution is -2.10. The first-order valence-corrected chi connectivity index (χ1v) is 6.06. The van der Waals surface area contributed by atoms with E-state index in [0.717, 1.165) is 25.1 Å². The highest BCUT2D eigenvalue weighted by Gasteiger charge is 2.14. The smallest absolute Gasteiger partial charge is 0.0912 e. The van der Waals surface area contributed by atoms with E-state index in [4.69, 9.17) is 0 Å². The van der Waals surface area contributed by atoms with Gasteiger partial charge in [0.15, 0.2) is 0 Å². The maximum atomic E-state index is 12.2. The average Bonchev–Trinajstić information content (AvgIpc) is 2.64. The van der Waals surface area contributed by atoms with Crippen LogP contribution in [0.4, 0.5) is 4.39 Å². The summed E-state index contributed by atoms with van der Waals surface area (Å²) in [5.74, 6) is 0. The van der Waals surface area contributed by atoms with Crippen molar-refractivity contribution in [3.63, 3.8) is 0 Å². The molecule has 1 aromatic heterocycles. The van der Waals surface area contributed by atoms with Crippen LogP contribution in [0, 0.1) is 0 Å². The molecule has 0 aliphatic heterocycles. The van der Waals surface area contributed by atoms with E-state index in [0.29, 0.717) is 13.0 Å². The fraction of sp³-hybridized carbons (Fsp3) is 0.750. The van der Waals surface area contributed by atoms with Gasteiger partial charge in [-0.25, -0.2) is 0 Å². The van der Waals surface area contributed by atoms with E-state index in [1.807, 2.05) is 11.7 Å². The Kier molecular flexibility index (Phi) is 5.46. The molecular weight excluding hydrogens is 205 g/mol. The van der Waals surface area contributed by atoms with Gasteiger partial charge in [-0.15, -0.1) is 0 Å². The Morgan fingerprint density at radius 2 is 2.06 bits per heavy atom. The summed E-state index contributed by atoms with van der Waals surface area (Å²) in [4.78, 5) is 0. The fourth-order valence-corrected chi connectivity index (χ4v) is 2.04. The first-order valence-electron chi connectivity index (χ1n) is 6.06. The number of nitrogens with zero attached hydrogens (tertiary/aromatic N) is 2. The van der Waals surface area contributed by atoms with E-state index in [1.165, 1.54) is 11.3 Å². The van der Waals surface area contributed by atoms with Gasteiger partial charge in [0.1, 0.15) is 0 Å². The van der Waals surface area contributed by atoms with Gasteiger partial charge in [0.2, 0.25) is 0 Å². The number of hydrogen-bond acceptors (Lipinski definition) is 2. The second-order valence-electron chi connectivity index (χ2n) is 3.88. The summed E-state index contributed by atoms with van der Waals surface area (Å²) < 4.78 is 14.2. The fourth-order valence-electron chi connectivity index (χ4n) is 2.04. The largest absolute Gasteiger partial charge is 0.316 e. The van der Waals surface area contributed by atoms with Crippen molar-refractivity contribution in [2.24, 2.45) is 0 Å².